The molecule has 4 rings (SSSR count). The van der Waals surface area contributed by atoms with Gasteiger partial charge in [-0.3, -0.25) is 0 Å². The summed E-state index contributed by atoms with van der Waals surface area (Å²) in [6, 6.07) is 0. The lowest BCUT2D eigenvalue weighted by Gasteiger charge is -2.40. The van der Waals surface area contributed by atoms with Crippen LogP contribution >= 0.6 is 0 Å². The first-order valence-electron chi connectivity index (χ1n) is 7.97. The Morgan fingerprint density at radius 1 is 0.778 bits per heavy atom. The molecule has 102 valence electrons. The second kappa shape index (κ2) is 3.25. The second-order valence-corrected chi connectivity index (χ2v) is 13.8. The molecule has 0 spiro atoms. The molecule has 6 atom stereocenters. The van der Waals surface area contributed by atoms with E-state index in [1.54, 1.807) is 6.42 Å². The molecule has 0 saturated heterocycles. The zero-order valence-electron chi connectivity index (χ0n) is 12.6. The molecule has 4 fully saturated rings. The third-order valence-corrected chi connectivity index (χ3v) is 11.3. The van der Waals surface area contributed by atoms with Crippen LogP contribution in [0.15, 0.2) is 0 Å². The van der Waals surface area contributed by atoms with E-state index in [2.05, 4.69) is 33.9 Å². The van der Waals surface area contributed by atoms with E-state index >= 15 is 0 Å². The second-order valence-electron chi connectivity index (χ2n) is 9.03. The molecule has 2 heteroatoms. The minimum absolute atomic E-state index is 0.372. The van der Waals surface area contributed by atoms with Crippen LogP contribution in [0.2, 0.25) is 18.1 Å². The summed E-state index contributed by atoms with van der Waals surface area (Å²) in [6.45, 7) is 12.0. The van der Waals surface area contributed by atoms with Gasteiger partial charge in [-0.15, -0.1) is 0 Å². The van der Waals surface area contributed by atoms with Gasteiger partial charge in [-0.05, 0) is 72.9 Å². The summed E-state index contributed by atoms with van der Waals surface area (Å²) in [6.07, 6.45) is 5.25. The first-order valence-corrected chi connectivity index (χ1v) is 10.9. The van der Waals surface area contributed by atoms with Crippen LogP contribution in [0.25, 0.3) is 0 Å². The highest BCUT2D eigenvalue weighted by Gasteiger charge is 2.69. The number of hydrogen-bond donors (Lipinski definition) is 0. The van der Waals surface area contributed by atoms with Crippen molar-refractivity contribution in [2.75, 3.05) is 0 Å². The molecule has 0 aromatic heterocycles. The van der Waals surface area contributed by atoms with E-state index < -0.39 is 8.32 Å². The van der Waals surface area contributed by atoms with Gasteiger partial charge in [0.15, 0.2) is 8.32 Å². The van der Waals surface area contributed by atoms with Crippen molar-refractivity contribution in [3.8, 4) is 0 Å². The van der Waals surface area contributed by atoms with E-state index in [9.17, 15) is 0 Å². The molecule has 1 nitrogen and oxygen atoms in total. The van der Waals surface area contributed by atoms with Crippen LogP contribution < -0.4 is 0 Å². The standard InChI is InChI=1S/C16H28OSi/c1-16(2,3)18(4,5)17-15-13-7-11(13)9-6-10(9)12-8-14(12)15/h9-15H,6-8H2,1-5H3. The highest BCUT2D eigenvalue weighted by molar-refractivity contribution is 6.74. The third kappa shape index (κ3) is 1.61. The maximum absolute atomic E-state index is 6.84. The van der Waals surface area contributed by atoms with Crippen molar-refractivity contribution in [1.82, 2.24) is 0 Å². The van der Waals surface area contributed by atoms with E-state index in [1.165, 1.54) is 12.8 Å². The van der Waals surface area contributed by atoms with Crippen molar-refractivity contribution < 1.29 is 4.43 Å². The Morgan fingerprint density at radius 3 is 1.61 bits per heavy atom. The van der Waals surface area contributed by atoms with Gasteiger partial charge in [-0.1, -0.05) is 20.8 Å². The summed E-state index contributed by atoms with van der Waals surface area (Å²) in [5.41, 5.74) is 0. The van der Waals surface area contributed by atoms with Gasteiger partial charge in [0.25, 0.3) is 0 Å². The molecule has 0 aromatic carbocycles. The Hall–Kier alpha value is 0.177. The molecule has 0 radical (unpaired) electrons. The van der Waals surface area contributed by atoms with E-state index in [-0.39, 0.29) is 0 Å². The van der Waals surface area contributed by atoms with Crippen LogP contribution in [0.4, 0.5) is 0 Å². The van der Waals surface area contributed by atoms with Crippen LogP contribution in [0.1, 0.15) is 40.0 Å². The summed E-state index contributed by atoms with van der Waals surface area (Å²) in [5.74, 6) is 6.37. The Balaban J connectivity index is 1.52. The Kier molecular flexibility index (Phi) is 2.16. The fourth-order valence-electron chi connectivity index (χ4n) is 4.44. The lowest BCUT2D eigenvalue weighted by molar-refractivity contribution is 0.127. The first-order chi connectivity index (χ1) is 8.29. The quantitative estimate of drug-likeness (QED) is 0.676. The zero-order valence-corrected chi connectivity index (χ0v) is 13.6. The van der Waals surface area contributed by atoms with Gasteiger partial charge in [0.1, 0.15) is 0 Å². The lowest BCUT2D eigenvalue weighted by atomic mass is 10.1. The van der Waals surface area contributed by atoms with Crippen molar-refractivity contribution in [1.29, 1.82) is 0 Å². The molecule has 0 amide bonds. The molecular weight excluding hydrogens is 236 g/mol. The third-order valence-electron chi connectivity index (χ3n) is 6.85. The highest BCUT2D eigenvalue weighted by atomic mass is 28.4. The lowest BCUT2D eigenvalue weighted by Crippen LogP contribution is -2.45. The minimum atomic E-state index is -1.55. The molecule has 0 N–H and O–H groups in total. The van der Waals surface area contributed by atoms with Gasteiger partial charge in [-0.2, -0.15) is 0 Å². The summed E-state index contributed by atoms with van der Waals surface area (Å²) in [4.78, 5) is 0. The highest BCUT2D eigenvalue weighted by Crippen LogP contribution is 2.73. The largest absolute Gasteiger partial charge is 0.413 e. The summed E-state index contributed by atoms with van der Waals surface area (Å²) >= 11 is 0. The average Bonchev–Trinajstić information content (AvgIpc) is 3.06. The molecule has 4 aliphatic carbocycles. The topological polar surface area (TPSA) is 9.23 Å². The van der Waals surface area contributed by atoms with Gasteiger partial charge in [-0.25, -0.2) is 0 Å². The Labute approximate surface area is 113 Å². The Bertz CT molecular complexity index is 361. The molecule has 6 unspecified atom stereocenters. The van der Waals surface area contributed by atoms with Crippen molar-refractivity contribution in [3.63, 3.8) is 0 Å². The zero-order chi connectivity index (χ0) is 12.9. The number of hydrogen-bond acceptors (Lipinski definition) is 1. The van der Waals surface area contributed by atoms with E-state index in [0.29, 0.717) is 11.1 Å². The van der Waals surface area contributed by atoms with Gasteiger partial charge in [0.05, 0.1) is 6.10 Å². The van der Waals surface area contributed by atoms with E-state index in [1.807, 2.05) is 0 Å². The fraction of sp³-hybridized carbons (Fsp3) is 1.00. The summed E-state index contributed by atoms with van der Waals surface area (Å²) < 4.78 is 6.84. The van der Waals surface area contributed by atoms with Crippen LogP contribution in [0, 0.1) is 35.5 Å². The van der Waals surface area contributed by atoms with Crippen LogP contribution in [-0.2, 0) is 4.43 Å². The normalized spacial score (nSPS) is 52.8. The predicted octanol–water partition coefficient (Wildman–Crippen LogP) is 4.30. The molecular formula is C16H28OSi. The van der Waals surface area contributed by atoms with Crippen molar-refractivity contribution in [2.45, 2.75) is 64.3 Å². The SMILES string of the molecule is CC(C)(C)[Si](C)(C)OC1C2CC2C2CC2C2CC21. The van der Waals surface area contributed by atoms with Crippen molar-refractivity contribution >= 4 is 8.32 Å². The van der Waals surface area contributed by atoms with Gasteiger partial charge in [0.2, 0.25) is 0 Å². The van der Waals surface area contributed by atoms with Crippen molar-refractivity contribution in [2.24, 2.45) is 35.5 Å². The van der Waals surface area contributed by atoms with E-state index in [0.717, 1.165) is 35.5 Å². The molecule has 0 heterocycles. The monoisotopic (exact) mass is 264 g/mol. The van der Waals surface area contributed by atoms with Crippen LogP contribution in [-0.4, -0.2) is 14.4 Å². The smallest absolute Gasteiger partial charge is 0.192 e. The molecule has 0 bridgehead atoms. The predicted molar refractivity (Wildman–Crippen MR) is 76.9 cm³/mol. The van der Waals surface area contributed by atoms with Gasteiger partial charge in [0, 0.05) is 0 Å². The van der Waals surface area contributed by atoms with Crippen LogP contribution in [0.3, 0.4) is 0 Å². The number of rotatable bonds is 2. The molecule has 0 aromatic rings. The Morgan fingerprint density at radius 2 is 1.17 bits per heavy atom. The maximum atomic E-state index is 6.84. The van der Waals surface area contributed by atoms with E-state index in [4.69, 9.17) is 4.43 Å². The van der Waals surface area contributed by atoms with Gasteiger partial charge < -0.3 is 4.43 Å². The average molecular weight is 264 g/mol. The number of fused-ring (bicyclic) bond motifs is 5. The molecule has 4 aliphatic rings. The van der Waals surface area contributed by atoms with Gasteiger partial charge >= 0.3 is 0 Å². The fourth-order valence-corrected chi connectivity index (χ4v) is 5.82. The van der Waals surface area contributed by atoms with Crippen molar-refractivity contribution in [3.05, 3.63) is 0 Å². The summed E-state index contributed by atoms with van der Waals surface area (Å²) in [7, 11) is -1.55. The maximum Gasteiger partial charge on any atom is 0.192 e. The summed E-state index contributed by atoms with van der Waals surface area (Å²) in [5, 5.41) is 0.372. The first kappa shape index (κ1) is 12.0. The molecule has 4 saturated carbocycles. The molecule has 0 aliphatic heterocycles. The van der Waals surface area contributed by atoms with Crippen LogP contribution in [0.5, 0.6) is 0 Å². The minimum Gasteiger partial charge on any atom is -0.413 e. The molecule has 18 heavy (non-hydrogen) atoms.